The van der Waals surface area contributed by atoms with E-state index in [1.54, 1.807) is 68.8 Å². The van der Waals surface area contributed by atoms with E-state index in [0.717, 1.165) is 5.56 Å². The van der Waals surface area contributed by atoms with Crippen LogP contribution in [0, 0.1) is 0 Å². The Hall–Kier alpha value is -3.03. The highest BCUT2D eigenvalue weighted by molar-refractivity contribution is 7.89. The second-order valence-corrected chi connectivity index (χ2v) is 9.21. The highest BCUT2D eigenvalue weighted by Crippen LogP contribution is 2.39. The maximum absolute atomic E-state index is 13.5. The highest BCUT2D eigenvalue weighted by atomic mass is 35.5. The van der Waals surface area contributed by atoms with E-state index >= 15 is 0 Å². The summed E-state index contributed by atoms with van der Waals surface area (Å²) < 4.78 is 38.9. The molecule has 6 nitrogen and oxygen atoms in total. The van der Waals surface area contributed by atoms with E-state index in [2.05, 4.69) is 5.10 Å². The molecule has 0 spiro atoms. The molecule has 0 aromatic heterocycles. The van der Waals surface area contributed by atoms with Crippen LogP contribution in [0.3, 0.4) is 0 Å². The predicted octanol–water partition coefficient (Wildman–Crippen LogP) is 4.90. The van der Waals surface area contributed by atoms with Gasteiger partial charge in [-0.25, -0.2) is 0 Å². The molecule has 0 saturated carbocycles. The number of hydrogen-bond donors (Lipinski definition) is 0. The minimum Gasteiger partial charge on any atom is -0.497 e. The molecule has 0 unspecified atom stereocenters. The predicted molar refractivity (Wildman–Crippen MR) is 120 cm³/mol. The molecule has 0 amide bonds. The zero-order valence-electron chi connectivity index (χ0n) is 17.0. The molecule has 0 radical (unpaired) electrons. The third-order valence-electron chi connectivity index (χ3n) is 5.13. The molecule has 0 bridgehead atoms. The highest BCUT2D eigenvalue weighted by Gasteiger charge is 2.38. The lowest BCUT2D eigenvalue weighted by Crippen LogP contribution is -2.27. The van der Waals surface area contributed by atoms with Gasteiger partial charge in [0.1, 0.15) is 11.5 Å². The monoisotopic (exact) mass is 456 g/mol. The maximum Gasteiger partial charge on any atom is 0.279 e. The Balaban J connectivity index is 1.82. The molecule has 3 aromatic carbocycles. The first-order valence-corrected chi connectivity index (χ1v) is 11.4. The Morgan fingerprint density at radius 3 is 2.32 bits per heavy atom. The van der Waals surface area contributed by atoms with Crippen LogP contribution in [0.1, 0.15) is 23.6 Å². The summed E-state index contributed by atoms with van der Waals surface area (Å²) in [5, 5.41) is 5.14. The second-order valence-electron chi connectivity index (χ2n) is 6.98. The van der Waals surface area contributed by atoms with Crippen molar-refractivity contribution in [2.75, 3.05) is 14.2 Å². The zero-order chi connectivity index (χ0) is 22.0. The molecule has 3 aromatic rings. The molecular weight excluding hydrogens is 436 g/mol. The Morgan fingerprint density at radius 2 is 1.68 bits per heavy atom. The summed E-state index contributed by atoms with van der Waals surface area (Å²) in [6, 6.07) is 20.3. The molecule has 1 atom stereocenters. The van der Waals surface area contributed by atoms with Crippen molar-refractivity contribution in [1.82, 2.24) is 4.41 Å². The fourth-order valence-electron chi connectivity index (χ4n) is 3.54. The summed E-state index contributed by atoms with van der Waals surface area (Å²) in [5.41, 5.74) is 2.13. The fraction of sp³-hybridized carbons (Fsp3) is 0.174. The van der Waals surface area contributed by atoms with Gasteiger partial charge in [-0.05, 0) is 42.0 Å². The van der Waals surface area contributed by atoms with E-state index in [-0.39, 0.29) is 4.90 Å². The second kappa shape index (κ2) is 8.61. The standard InChI is InChI=1S/C23H21ClN2O4S/c1-29-18-12-13-20(23(14-18)30-2)21-15-22(16-8-10-17(24)11-9-16)26(25-21)31(27,28)19-6-4-3-5-7-19/h3-14,22H,15H2,1-2H3/t22-/m1/s1. The van der Waals surface area contributed by atoms with E-state index < -0.39 is 16.1 Å². The van der Waals surface area contributed by atoms with Gasteiger partial charge in [-0.2, -0.15) is 17.9 Å². The van der Waals surface area contributed by atoms with Crippen molar-refractivity contribution in [1.29, 1.82) is 0 Å². The number of sulfonamides is 1. The zero-order valence-corrected chi connectivity index (χ0v) is 18.6. The van der Waals surface area contributed by atoms with Gasteiger partial charge >= 0.3 is 0 Å². The van der Waals surface area contributed by atoms with Gasteiger partial charge < -0.3 is 9.47 Å². The van der Waals surface area contributed by atoms with Crippen LogP contribution in [0.5, 0.6) is 11.5 Å². The first kappa shape index (κ1) is 21.2. The van der Waals surface area contributed by atoms with Gasteiger partial charge in [-0.3, -0.25) is 0 Å². The molecule has 1 heterocycles. The van der Waals surface area contributed by atoms with Crippen molar-refractivity contribution in [3.63, 3.8) is 0 Å². The molecule has 31 heavy (non-hydrogen) atoms. The third-order valence-corrected chi connectivity index (χ3v) is 7.08. The maximum atomic E-state index is 13.5. The smallest absolute Gasteiger partial charge is 0.279 e. The van der Waals surface area contributed by atoms with Crippen LogP contribution in [-0.4, -0.2) is 32.8 Å². The lowest BCUT2D eigenvalue weighted by molar-refractivity contribution is 0.371. The molecule has 0 fully saturated rings. The third kappa shape index (κ3) is 4.11. The topological polar surface area (TPSA) is 68.2 Å². The lowest BCUT2D eigenvalue weighted by Gasteiger charge is -2.23. The Morgan fingerprint density at radius 1 is 0.968 bits per heavy atom. The Bertz CT molecular complexity index is 1210. The number of hydrogen-bond acceptors (Lipinski definition) is 5. The Labute approximate surface area is 186 Å². The molecular formula is C23H21ClN2O4S. The van der Waals surface area contributed by atoms with E-state index in [0.29, 0.717) is 34.2 Å². The van der Waals surface area contributed by atoms with Crippen molar-refractivity contribution in [3.8, 4) is 11.5 Å². The van der Waals surface area contributed by atoms with Gasteiger partial charge in [0.25, 0.3) is 10.0 Å². The number of hydrazone groups is 1. The van der Waals surface area contributed by atoms with Crippen LogP contribution in [-0.2, 0) is 10.0 Å². The molecule has 160 valence electrons. The summed E-state index contributed by atoms with van der Waals surface area (Å²) >= 11 is 6.04. The minimum absolute atomic E-state index is 0.181. The Kier molecular flexibility index (Phi) is 5.89. The number of methoxy groups -OCH3 is 2. The summed E-state index contributed by atoms with van der Waals surface area (Å²) in [6.45, 7) is 0. The van der Waals surface area contributed by atoms with Gasteiger partial charge in [0.05, 0.1) is 30.9 Å². The number of ether oxygens (including phenoxy) is 2. The first-order valence-electron chi connectivity index (χ1n) is 9.59. The van der Waals surface area contributed by atoms with E-state index in [9.17, 15) is 8.42 Å². The minimum atomic E-state index is -3.87. The summed E-state index contributed by atoms with van der Waals surface area (Å²) in [4.78, 5) is 0.181. The van der Waals surface area contributed by atoms with Crippen LogP contribution >= 0.6 is 11.6 Å². The number of rotatable bonds is 6. The van der Waals surface area contributed by atoms with Gasteiger partial charge in [0.2, 0.25) is 0 Å². The average molecular weight is 457 g/mol. The van der Waals surface area contributed by atoms with Crippen LogP contribution in [0.15, 0.2) is 82.8 Å². The number of nitrogens with zero attached hydrogens (tertiary/aromatic N) is 2. The quantitative estimate of drug-likeness (QED) is 0.529. The summed E-state index contributed by atoms with van der Waals surface area (Å²) in [6.07, 6.45) is 0.385. The van der Waals surface area contributed by atoms with Crippen LogP contribution < -0.4 is 9.47 Å². The van der Waals surface area contributed by atoms with Gasteiger partial charge in [-0.1, -0.05) is 41.9 Å². The SMILES string of the molecule is COc1ccc(C2=NN(S(=O)(=O)c3ccccc3)[C@@H](c3ccc(Cl)cc3)C2)c(OC)c1. The molecule has 1 aliphatic heterocycles. The van der Waals surface area contributed by atoms with Gasteiger partial charge in [0, 0.05) is 23.1 Å². The van der Waals surface area contributed by atoms with E-state index in [1.165, 1.54) is 4.41 Å². The molecule has 1 aliphatic rings. The number of halogens is 1. The van der Waals surface area contributed by atoms with Crippen molar-refractivity contribution in [3.05, 3.63) is 88.9 Å². The average Bonchev–Trinajstić information content (AvgIpc) is 3.26. The van der Waals surface area contributed by atoms with Crippen LogP contribution in [0.25, 0.3) is 0 Å². The van der Waals surface area contributed by atoms with Crippen molar-refractivity contribution >= 4 is 27.3 Å². The largest absolute Gasteiger partial charge is 0.497 e. The molecule has 0 N–H and O–H groups in total. The molecule has 0 aliphatic carbocycles. The van der Waals surface area contributed by atoms with Crippen LogP contribution in [0.2, 0.25) is 5.02 Å². The van der Waals surface area contributed by atoms with Crippen molar-refractivity contribution in [2.45, 2.75) is 17.4 Å². The van der Waals surface area contributed by atoms with Gasteiger partial charge in [-0.15, -0.1) is 0 Å². The number of benzene rings is 3. The van der Waals surface area contributed by atoms with Gasteiger partial charge in [0.15, 0.2) is 0 Å². The molecule has 0 saturated heterocycles. The first-order chi connectivity index (χ1) is 14.9. The normalized spacial score (nSPS) is 16.2. The van der Waals surface area contributed by atoms with Crippen molar-refractivity contribution < 1.29 is 17.9 Å². The lowest BCUT2D eigenvalue weighted by atomic mass is 9.98. The van der Waals surface area contributed by atoms with E-state index in [1.807, 2.05) is 18.2 Å². The molecule has 4 rings (SSSR count). The summed E-state index contributed by atoms with van der Waals surface area (Å²) in [7, 11) is -0.738. The molecule has 8 heteroatoms. The fourth-order valence-corrected chi connectivity index (χ4v) is 5.12. The summed E-state index contributed by atoms with van der Waals surface area (Å²) in [5.74, 6) is 1.20. The van der Waals surface area contributed by atoms with Crippen molar-refractivity contribution in [2.24, 2.45) is 5.10 Å². The van der Waals surface area contributed by atoms with E-state index in [4.69, 9.17) is 21.1 Å². The van der Waals surface area contributed by atoms with Crippen LogP contribution in [0.4, 0.5) is 0 Å².